The van der Waals surface area contributed by atoms with E-state index in [9.17, 15) is 19.8 Å². The second-order valence-electron chi connectivity index (χ2n) is 24.9. The Morgan fingerprint density at radius 3 is 0.962 bits per heavy atom. The van der Waals surface area contributed by atoms with Crippen molar-refractivity contribution in [2.75, 3.05) is 13.2 Å². The van der Waals surface area contributed by atoms with E-state index in [-0.39, 0.29) is 18.5 Å². The predicted octanol–water partition coefficient (Wildman–Crippen LogP) is 23.3. The van der Waals surface area contributed by atoms with Crippen LogP contribution in [-0.4, -0.2) is 47.4 Å². The van der Waals surface area contributed by atoms with Crippen molar-refractivity contribution in [3.8, 4) is 0 Å². The second-order valence-corrected chi connectivity index (χ2v) is 24.9. The fourth-order valence-corrected chi connectivity index (χ4v) is 11.5. The Bertz CT molecular complexity index is 1230. The van der Waals surface area contributed by atoms with Gasteiger partial charge in [-0.1, -0.05) is 359 Å². The highest BCUT2D eigenvalue weighted by molar-refractivity contribution is 5.76. The van der Waals surface area contributed by atoms with Gasteiger partial charge >= 0.3 is 5.97 Å². The molecule has 0 aliphatic heterocycles. The molecule has 6 nitrogen and oxygen atoms in total. The monoisotopic (exact) mass is 1110 g/mol. The minimum absolute atomic E-state index is 0.0143. The SMILES string of the molecule is CCCCCCCCCCCCCCCCCCCCCC(O)C(CO)NC(=O)CCCCCCCCCCC/C=C\C/C=C\CCCCCCCCCCCOC(=O)CCCCCCCCCCCCCCCCCCCC. The van der Waals surface area contributed by atoms with E-state index < -0.39 is 12.1 Å². The summed E-state index contributed by atoms with van der Waals surface area (Å²) in [6.45, 7) is 4.99. The third kappa shape index (κ3) is 65.4. The van der Waals surface area contributed by atoms with Crippen LogP contribution in [-0.2, 0) is 14.3 Å². The van der Waals surface area contributed by atoms with E-state index >= 15 is 0 Å². The van der Waals surface area contributed by atoms with E-state index in [4.69, 9.17) is 4.74 Å². The zero-order valence-corrected chi connectivity index (χ0v) is 53.6. The van der Waals surface area contributed by atoms with Crippen LogP contribution in [0.1, 0.15) is 406 Å². The maximum atomic E-state index is 12.5. The van der Waals surface area contributed by atoms with E-state index in [1.807, 2.05) is 0 Å². The minimum Gasteiger partial charge on any atom is -0.466 e. The first kappa shape index (κ1) is 77.3. The highest BCUT2D eigenvalue weighted by Crippen LogP contribution is 2.19. The van der Waals surface area contributed by atoms with Gasteiger partial charge in [0.25, 0.3) is 0 Å². The van der Waals surface area contributed by atoms with Crippen LogP contribution in [0.3, 0.4) is 0 Å². The molecule has 2 atom stereocenters. The molecule has 0 bridgehead atoms. The number of esters is 1. The molecule has 0 aromatic carbocycles. The fraction of sp³-hybridized carbons (Fsp3) is 0.918. The average molecular weight is 1110 g/mol. The van der Waals surface area contributed by atoms with Gasteiger partial charge in [0, 0.05) is 12.8 Å². The molecular formula is C73H141NO5. The van der Waals surface area contributed by atoms with Crippen molar-refractivity contribution in [1.29, 1.82) is 0 Å². The molecule has 0 radical (unpaired) electrons. The summed E-state index contributed by atoms with van der Waals surface area (Å²) in [6.07, 6.45) is 86.5. The third-order valence-electron chi connectivity index (χ3n) is 17.0. The van der Waals surface area contributed by atoms with Crippen molar-refractivity contribution in [2.45, 2.75) is 418 Å². The highest BCUT2D eigenvalue weighted by Gasteiger charge is 2.20. The van der Waals surface area contributed by atoms with Gasteiger partial charge in [-0.05, 0) is 57.8 Å². The number of rotatable bonds is 68. The molecule has 0 saturated heterocycles. The Hall–Kier alpha value is -1.66. The number of amides is 1. The Labute approximate surface area is 494 Å². The Morgan fingerprint density at radius 2 is 0.633 bits per heavy atom. The van der Waals surface area contributed by atoms with Gasteiger partial charge in [-0.15, -0.1) is 0 Å². The van der Waals surface area contributed by atoms with Gasteiger partial charge in [0.1, 0.15) is 0 Å². The van der Waals surface area contributed by atoms with Crippen LogP contribution in [0.4, 0.5) is 0 Å². The lowest BCUT2D eigenvalue weighted by atomic mass is 10.0. The smallest absolute Gasteiger partial charge is 0.305 e. The lowest BCUT2D eigenvalue weighted by molar-refractivity contribution is -0.143. The van der Waals surface area contributed by atoms with Crippen molar-refractivity contribution < 1.29 is 24.5 Å². The predicted molar refractivity (Wildman–Crippen MR) is 347 cm³/mol. The van der Waals surface area contributed by atoms with Gasteiger partial charge in [0.05, 0.1) is 25.4 Å². The van der Waals surface area contributed by atoms with Crippen molar-refractivity contribution in [1.82, 2.24) is 5.32 Å². The van der Waals surface area contributed by atoms with Crippen molar-refractivity contribution in [3.63, 3.8) is 0 Å². The lowest BCUT2D eigenvalue weighted by Crippen LogP contribution is -2.45. The maximum absolute atomic E-state index is 12.5. The summed E-state index contributed by atoms with van der Waals surface area (Å²) in [6, 6.07) is -0.547. The summed E-state index contributed by atoms with van der Waals surface area (Å²) >= 11 is 0. The first-order chi connectivity index (χ1) is 39.0. The number of ether oxygens (including phenoxy) is 1. The van der Waals surface area contributed by atoms with Crippen LogP contribution in [0.2, 0.25) is 0 Å². The lowest BCUT2D eigenvalue weighted by Gasteiger charge is -2.22. The normalized spacial score (nSPS) is 12.6. The number of hydrogen-bond donors (Lipinski definition) is 3. The van der Waals surface area contributed by atoms with Gasteiger partial charge in [-0.2, -0.15) is 0 Å². The average Bonchev–Trinajstić information content (AvgIpc) is 3.45. The molecule has 79 heavy (non-hydrogen) atoms. The Kier molecular flexibility index (Phi) is 67.4. The number of aliphatic hydroxyl groups excluding tert-OH is 2. The summed E-state index contributed by atoms with van der Waals surface area (Å²) in [5, 5.41) is 23.4. The number of allylic oxidation sites excluding steroid dienone is 4. The molecule has 0 spiro atoms. The summed E-state index contributed by atoms with van der Waals surface area (Å²) in [7, 11) is 0. The van der Waals surface area contributed by atoms with Crippen LogP contribution < -0.4 is 5.32 Å². The van der Waals surface area contributed by atoms with Gasteiger partial charge < -0.3 is 20.3 Å². The van der Waals surface area contributed by atoms with E-state index in [1.54, 1.807) is 0 Å². The molecule has 0 aliphatic rings. The van der Waals surface area contributed by atoms with Gasteiger partial charge in [-0.25, -0.2) is 0 Å². The summed E-state index contributed by atoms with van der Waals surface area (Å²) in [4.78, 5) is 24.6. The molecule has 0 heterocycles. The molecule has 1 amide bonds. The van der Waals surface area contributed by atoms with Crippen molar-refractivity contribution in [3.05, 3.63) is 24.3 Å². The minimum atomic E-state index is -0.669. The molecule has 0 aliphatic carbocycles. The molecule has 3 N–H and O–H groups in total. The zero-order chi connectivity index (χ0) is 57.1. The van der Waals surface area contributed by atoms with E-state index in [0.717, 1.165) is 44.9 Å². The first-order valence-electron chi connectivity index (χ1n) is 36.1. The van der Waals surface area contributed by atoms with Crippen LogP contribution >= 0.6 is 0 Å². The first-order valence-corrected chi connectivity index (χ1v) is 36.1. The number of unbranched alkanes of at least 4 members (excludes halogenated alkanes) is 53. The largest absolute Gasteiger partial charge is 0.466 e. The zero-order valence-electron chi connectivity index (χ0n) is 53.6. The number of hydrogen-bond acceptors (Lipinski definition) is 5. The molecule has 0 rings (SSSR count). The van der Waals surface area contributed by atoms with Crippen molar-refractivity contribution in [2.24, 2.45) is 0 Å². The van der Waals surface area contributed by atoms with Crippen LogP contribution in [0.15, 0.2) is 24.3 Å². The van der Waals surface area contributed by atoms with E-state index in [0.29, 0.717) is 25.9 Å². The number of carbonyl (C=O) groups is 2. The van der Waals surface area contributed by atoms with Crippen LogP contribution in [0.5, 0.6) is 0 Å². The second kappa shape index (κ2) is 68.8. The molecule has 2 unspecified atom stereocenters. The molecule has 0 fully saturated rings. The van der Waals surface area contributed by atoms with Gasteiger partial charge in [-0.3, -0.25) is 9.59 Å². The van der Waals surface area contributed by atoms with Crippen LogP contribution in [0, 0.1) is 0 Å². The van der Waals surface area contributed by atoms with Crippen molar-refractivity contribution >= 4 is 11.9 Å². The number of nitrogens with one attached hydrogen (secondary N) is 1. The standard InChI is InChI=1S/C73H141NO5/c1-3-5-7-9-11-13-15-17-19-21-30-33-37-41-45-49-53-57-61-65-71(76)70(69-75)74-72(77)66-62-58-54-50-46-42-38-34-31-28-26-24-23-25-27-29-32-36-40-44-48-52-56-60-64-68-79-73(78)67-63-59-55-51-47-43-39-35-22-20-18-16-14-12-10-8-6-4-2/h24-27,70-71,75-76H,3-23,28-69H2,1-2H3,(H,74,77)/b26-24-,27-25-. The quantitative estimate of drug-likeness (QED) is 0.0320. The molecule has 0 aromatic rings. The van der Waals surface area contributed by atoms with Gasteiger partial charge in [0.2, 0.25) is 5.91 Å². The van der Waals surface area contributed by atoms with E-state index in [1.165, 1.54) is 327 Å². The Morgan fingerprint density at radius 1 is 0.354 bits per heavy atom. The summed E-state index contributed by atoms with van der Waals surface area (Å²) in [5.41, 5.74) is 0. The maximum Gasteiger partial charge on any atom is 0.305 e. The Balaban J connectivity index is 3.41. The number of carbonyl (C=O) groups excluding carboxylic acids is 2. The molecule has 6 heteroatoms. The van der Waals surface area contributed by atoms with Gasteiger partial charge in [0.15, 0.2) is 0 Å². The molecular weight excluding hydrogens is 971 g/mol. The summed E-state index contributed by atoms with van der Waals surface area (Å²) in [5.74, 6) is -0.0228. The molecule has 468 valence electrons. The molecule has 0 aromatic heterocycles. The van der Waals surface area contributed by atoms with E-state index in [2.05, 4.69) is 43.5 Å². The molecule has 0 saturated carbocycles. The highest BCUT2D eigenvalue weighted by atomic mass is 16.5. The third-order valence-corrected chi connectivity index (χ3v) is 17.0. The topological polar surface area (TPSA) is 95.9 Å². The summed E-state index contributed by atoms with van der Waals surface area (Å²) < 4.78 is 5.51. The van der Waals surface area contributed by atoms with Crippen LogP contribution in [0.25, 0.3) is 0 Å². The number of aliphatic hydroxyl groups is 2. The fourth-order valence-electron chi connectivity index (χ4n) is 11.5.